The fourth-order valence-electron chi connectivity index (χ4n) is 2.32. The van der Waals surface area contributed by atoms with Crippen LogP contribution in [0.2, 0.25) is 0 Å². The molecule has 2 rings (SSSR count). The Morgan fingerprint density at radius 3 is 2.70 bits per heavy atom. The summed E-state index contributed by atoms with van der Waals surface area (Å²) >= 11 is 0. The van der Waals surface area contributed by atoms with Crippen LogP contribution in [0.3, 0.4) is 0 Å². The van der Waals surface area contributed by atoms with Crippen molar-refractivity contribution < 1.29 is 19.4 Å². The molecule has 0 aliphatic carbocycles. The van der Waals surface area contributed by atoms with Crippen LogP contribution in [-0.4, -0.2) is 47.4 Å². The number of piperidine rings is 1. The molecule has 0 bridgehead atoms. The van der Waals surface area contributed by atoms with E-state index in [1.54, 1.807) is 13.0 Å². The molecule has 0 amide bonds. The molecule has 1 aliphatic heterocycles. The second-order valence-electron chi connectivity index (χ2n) is 5.16. The first-order valence-corrected chi connectivity index (χ1v) is 6.37. The number of carbonyl (C=O) groups is 2. The van der Waals surface area contributed by atoms with E-state index in [0.717, 1.165) is 13.0 Å². The summed E-state index contributed by atoms with van der Waals surface area (Å²) in [7, 11) is 1.28. The van der Waals surface area contributed by atoms with Gasteiger partial charge in [0.1, 0.15) is 0 Å². The number of nitrogens with zero attached hydrogens (tertiary/aromatic N) is 3. The van der Waals surface area contributed by atoms with Crippen molar-refractivity contribution in [2.24, 2.45) is 5.41 Å². The number of carboxylic acids is 1. The molecule has 1 unspecified atom stereocenters. The standard InChI is InChI=1S/C13H17N3O4/c1-13(12(18)19)6-3-7-16(8-13)10-5-4-9(14-15-10)11(17)20-2/h4-5H,3,6-8H2,1-2H3,(H,18,19). The van der Waals surface area contributed by atoms with E-state index in [1.165, 1.54) is 13.2 Å². The number of rotatable bonds is 3. The normalized spacial score (nSPS) is 22.4. The fraction of sp³-hybridized carbons (Fsp3) is 0.538. The number of aromatic nitrogens is 2. The highest BCUT2D eigenvalue weighted by Crippen LogP contribution is 2.31. The lowest BCUT2D eigenvalue weighted by molar-refractivity contribution is -0.148. The van der Waals surface area contributed by atoms with Crippen molar-refractivity contribution in [2.75, 3.05) is 25.1 Å². The fourth-order valence-corrected chi connectivity index (χ4v) is 2.32. The van der Waals surface area contributed by atoms with Gasteiger partial charge in [0.2, 0.25) is 0 Å². The number of carboxylic acid groups (broad SMARTS) is 1. The van der Waals surface area contributed by atoms with Gasteiger partial charge >= 0.3 is 11.9 Å². The van der Waals surface area contributed by atoms with Gasteiger partial charge in [0.25, 0.3) is 0 Å². The van der Waals surface area contributed by atoms with E-state index in [1.807, 2.05) is 4.90 Å². The minimum atomic E-state index is -0.804. The number of hydrogen-bond donors (Lipinski definition) is 1. The lowest BCUT2D eigenvalue weighted by Crippen LogP contribution is -2.46. The van der Waals surface area contributed by atoms with Gasteiger partial charge < -0.3 is 14.7 Å². The Hall–Kier alpha value is -2.18. The maximum absolute atomic E-state index is 11.3. The van der Waals surface area contributed by atoms with Crippen LogP contribution in [0.25, 0.3) is 0 Å². The van der Waals surface area contributed by atoms with Gasteiger partial charge in [-0.2, -0.15) is 0 Å². The Bertz CT molecular complexity index is 517. The van der Waals surface area contributed by atoms with Crippen LogP contribution in [-0.2, 0) is 9.53 Å². The Balaban J connectivity index is 2.15. The summed E-state index contributed by atoms with van der Waals surface area (Å²) in [6, 6.07) is 3.19. The molecular formula is C13H17N3O4. The predicted molar refractivity (Wildman–Crippen MR) is 70.6 cm³/mol. The summed E-state index contributed by atoms with van der Waals surface area (Å²) in [6.07, 6.45) is 1.43. The van der Waals surface area contributed by atoms with Crippen molar-refractivity contribution in [1.29, 1.82) is 0 Å². The second-order valence-corrected chi connectivity index (χ2v) is 5.16. The minimum absolute atomic E-state index is 0.134. The zero-order valence-electron chi connectivity index (χ0n) is 11.5. The van der Waals surface area contributed by atoms with E-state index in [4.69, 9.17) is 0 Å². The van der Waals surface area contributed by atoms with E-state index in [9.17, 15) is 14.7 Å². The molecule has 7 nitrogen and oxygen atoms in total. The van der Waals surface area contributed by atoms with Crippen molar-refractivity contribution in [3.63, 3.8) is 0 Å². The topological polar surface area (TPSA) is 92.6 Å². The number of anilines is 1. The van der Waals surface area contributed by atoms with Crippen molar-refractivity contribution in [3.05, 3.63) is 17.8 Å². The third-order valence-corrected chi connectivity index (χ3v) is 3.58. The van der Waals surface area contributed by atoms with Crippen LogP contribution < -0.4 is 4.90 Å². The van der Waals surface area contributed by atoms with Crippen LogP contribution >= 0.6 is 0 Å². The summed E-state index contributed by atoms with van der Waals surface area (Å²) in [5, 5.41) is 17.1. The van der Waals surface area contributed by atoms with Gasteiger partial charge in [0.05, 0.1) is 12.5 Å². The lowest BCUT2D eigenvalue weighted by atomic mass is 9.82. The molecule has 1 aromatic heterocycles. The lowest BCUT2D eigenvalue weighted by Gasteiger charge is -2.37. The Labute approximate surface area is 116 Å². The van der Waals surface area contributed by atoms with Gasteiger partial charge in [-0.25, -0.2) is 4.79 Å². The van der Waals surface area contributed by atoms with Crippen molar-refractivity contribution >= 4 is 17.8 Å². The number of ether oxygens (including phenoxy) is 1. The molecule has 2 heterocycles. The summed E-state index contributed by atoms with van der Waals surface area (Å²) in [5.74, 6) is -0.774. The van der Waals surface area contributed by atoms with Crippen molar-refractivity contribution in [2.45, 2.75) is 19.8 Å². The average Bonchev–Trinajstić information content (AvgIpc) is 2.46. The average molecular weight is 279 g/mol. The summed E-state index contributed by atoms with van der Waals surface area (Å²) < 4.78 is 4.55. The van der Waals surface area contributed by atoms with Crippen LogP contribution in [0.15, 0.2) is 12.1 Å². The third-order valence-electron chi connectivity index (χ3n) is 3.58. The first-order valence-electron chi connectivity index (χ1n) is 6.37. The first kappa shape index (κ1) is 14.2. The van der Waals surface area contributed by atoms with E-state index in [2.05, 4.69) is 14.9 Å². The Morgan fingerprint density at radius 2 is 2.15 bits per heavy atom. The third kappa shape index (κ3) is 2.71. The molecule has 1 fully saturated rings. The summed E-state index contributed by atoms with van der Waals surface area (Å²) in [6.45, 7) is 2.85. The highest BCUT2D eigenvalue weighted by atomic mass is 16.5. The maximum Gasteiger partial charge on any atom is 0.358 e. The molecule has 0 aromatic carbocycles. The SMILES string of the molecule is COC(=O)c1ccc(N2CCCC(C)(C(=O)O)C2)nn1. The molecule has 1 aromatic rings. The molecule has 20 heavy (non-hydrogen) atoms. The molecule has 1 N–H and O–H groups in total. The zero-order valence-corrected chi connectivity index (χ0v) is 11.5. The number of hydrogen-bond acceptors (Lipinski definition) is 6. The number of carbonyl (C=O) groups excluding carboxylic acids is 1. The molecule has 7 heteroatoms. The van der Waals surface area contributed by atoms with Crippen molar-refractivity contribution in [1.82, 2.24) is 10.2 Å². The quantitative estimate of drug-likeness (QED) is 0.823. The zero-order chi connectivity index (χ0) is 14.8. The number of aliphatic carboxylic acids is 1. The van der Waals surface area contributed by atoms with Gasteiger partial charge in [0.15, 0.2) is 11.5 Å². The van der Waals surface area contributed by atoms with Crippen LogP contribution in [0.5, 0.6) is 0 Å². The highest BCUT2D eigenvalue weighted by Gasteiger charge is 2.38. The van der Waals surface area contributed by atoms with E-state index >= 15 is 0 Å². The maximum atomic E-state index is 11.3. The molecule has 0 spiro atoms. The van der Waals surface area contributed by atoms with Gasteiger partial charge in [-0.15, -0.1) is 10.2 Å². The first-order chi connectivity index (χ1) is 9.46. The van der Waals surface area contributed by atoms with E-state index in [-0.39, 0.29) is 5.69 Å². The molecule has 1 aliphatic rings. The summed E-state index contributed by atoms with van der Waals surface area (Å²) in [5.41, 5.74) is -0.643. The molecule has 1 atom stereocenters. The van der Waals surface area contributed by atoms with Gasteiger partial charge in [-0.1, -0.05) is 0 Å². The monoisotopic (exact) mass is 279 g/mol. The van der Waals surface area contributed by atoms with E-state index in [0.29, 0.717) is 18.8 Å². The molecular weight excluding hydrogens is 262 g/mol. The van der Waals surface area contributed by atoms with Gasteiger partial charge in [0, 0.05) is 13.1 Å². The van der Waals surface area contributed by atoms with Crippen LogP contribution in [0.1, 0.15) is 30.3 Å². The predicted octanol–water partition coefficient (Wildman–Crippen LogP) is 0.954. The minimum Gasteiger partial charge on any atom is -0.481 e. The number of methoxy groups -OCH3 is 1. The second kappa shape index (κ2) is 5.44. The van der Waals surface area contributed by atoms with Gasteiger partial charge in [-0.3, -0.25) is 4.79 Å². The highest BCUT2D eigenvalue weighted by molar-refractivity contribution is 5.87. The van der Waals surface area contributed by atoms with Gasteiger partial charge in [-0.05, 0) is 31.9 Å². The van der Waals surface area contributed by atoms with E-state index < -0.39 is 17.4 Å². The Morgan fingerprint density at radius 1 is 1.40 bits per heavy atom. The molecule has 1 saturated heterocycles. The molecule has 108 valence electrons. The smallest absolute Gasteiger partial charge is 0.358 e. The molecule has 0 radical (unpaired) electrons. The van der Waals surface area contributed by atoms with Crippen molar-refractivity contribution in [3.8, 4) is 0 Å². The van der Waals surface area contributed by atoms with Crippen LogP contribution in [0, 0.1) is 5.41 Å². The summed E-state index contributed by atoms with van der Waals surface area (Å²) in [4.78, 5) is 24.5. The molecule has 0 saturated carbocycles. The van der Waals surface area contributed by atoms with Crippen LogP contribution in [0.4, 0.5) is 5.82 Å². The number of esters is 1. The Kier molecular flexibility index (Phi) is 3.87. The largest absolute Gasteiger partial charge is 0.481 e.